The Hall–Kier alpha value is -2.37. The van der Waals surface area contributed by atoms with Gasteiger partial charge < -0.3 is 10.1 Å². The van der Waals surface area contributed by atoms with E-state index in [2.05, 4.69) is 15.5 Å². The van der Waals surface area contributed by atoms with Crippen LogP contribution in [0, 0.1) is 0 Å². The molecule has 1 amide bonds. The predicted octanol–water partition coefficient (Wildman–Crippen LogP) is 0.856. The molecule has 0 saturated carbocycles. The zero-order valence-electron chi connectivity index (χ0n) is 9.90. The molecule has 0 atom stereocenters. The molecule has 0 radical (unpaired) electrons. The van der Waals surface area contributed by atoms with Crippen LogP contribution in [0.4, 0.5) is 0 Å². The molecule has 6 heteroatoms. The molecule has 2 rings (SSSR count). The first kappa shape index (κ1) is 12.1. The van der Waals surface area contributed by atoms with Crippen LogP contribution in [0.25, 0.3) is 10.9 Å². The number of hydrogen-bond donors (Lipinski definition) is 2. The SMILES string of the molecule is CCOC(=O)CNC(=O)c1ccc2cn[nH]c2c1. The van der Waals surface area contributed by atoms with Crippen molar-refractivity contribution in [2.24, 2.45) is 0 Å². The maximum absolute atomic E-state index is 11.8. The summed E-state index contributed by atoms with van der Waals surface area (Å²) >= 11 is 0. The Labute approximate surface area is 103 Å². The van der Waals surface area contributed by atoms with Gasteiger partial charge in [0, 0.05) is 10.9 Å². The number of nitrogens with one attached hydrogen (secondary N) is 2. The van der Waals surface area contributed by atoms with Crippen molar-refractivity contribution in [1.29, 1.82) is 0 Å². The maximum atomic E-state index is 11.8. The van der Waals surface area contributed by atoms with Crippen LogP contribution in [0.2, 0.25) is 0 Å². The number of carbonyl (C=O) groups is 2. The molecule has 6 nitrogen and oxygen atoms in total. The number of nitrogens with zero attached hydrogens (tertiary/aromatic N) is 1. The van der Waals surface area contributed by atoms with Gasteiger partial charge in [-0.2, -0.15) is 5.10 Å². The fraction of sp³-hybridized carbons (Fsp3) is 0.250. The third-order valence-corrected chi connectivity index (χ3v) is 2.40. The molecule has 0 aliphatic heterocycles. The van der Waals surface area contributed by atoms with E-state index in [1.807, 2.05) is 0 Å². The molecule has 0 bridgehead atoms. The highest BCUT2D eigenvalue weighted by molar-refractivity contribution is 5.98. The van der Waals surface area contributed by atoms with E-state index in [0.29, 0.717) is 12.2 Å². The van der Waals surface area contributed by atoms with Crippen molar-refractivity contribution in [3.8, 4) is 0 Å². The van der Waals surface area contributed by atoms with Crippen molar-refractivity contribution in [3.05, 3.63) is 30.0 Å². The van der Waals surface area contributed by atoms with Gasteiger partial charge in [-0.05, 0) is 19.1 Å². The molecule has 1 aromatic heterocycles. The average Bonchev–Trinajstić information content (AvgIpc) is 2.83. The fourth-order valence-corrected chi connectivity index (χ4v) is 1.54. The van der Waals surface area contributed by atoms with Gasteiger partial charge in [0.05, 0.1) is 18.3 Å². The molecular weight excluding hydrogens is 234 g/mol. The van der Waals surface area contributed by atoms with E-state index in [4.69, 9.17) is 4.74 Å². The molecule has 0 aliphatic carbocycles. The van der Waals surface area contributed by atoms with Crippen LogP contribution in [0.1, 0.15) is 17.3 Å². The second kappa shape index (κ2) is 5.31. The van der Waals surface area contributed by atoms with E-state index in [1.165, 1.54) is 0 Å². The largest absolute Gasteiger partial charge is 0.465 e. The lowest BCUT2D eigenvalue weighted by atomic mass is 10.1. The quantitative estimate of drug-likeness (QED) is 0.785. The standard InChI is InChI=1S/C12H13N3O3/c1-2-18-11(16)7-13-12(17)8-3-4-9-6-14-15-10(9)5-8/h3-6H,2,7H2,1H3,(H,13,17)(H,14,15). The van der Waals surface area contributed by atoms with Crippen molar-refractivity contribution in [1.82, 2.24) is 15.5 Å². The van der Waals surface area contributed by atoms with Crippen molar-refractivity contribution in [2.45, 2.75) is 6.92 Å². The molecule has 0 fully saturated rings. The number of hydrogen-bond acceptors (Lipinski definition) is 4. The number of benzene rings is 1. The first-order valence-corrected chi connectivity index (χ1v) is 5.57. The predicted molar refractivity (Wildman–Crippen MR) is 65.1 cm³/mol. The topological polar surface area (TPSA) is 84.1 Å². The molecular formula is C12H13N3O3. The number of H-pyrrole nitrogens is 1. The van der Waals surface area contributed by atoms with Crippen LogP contribution in [0.15, 0.2) is 24.4 Å². The highest BCUT2D eigenvalue weighted by Crippen LogP contribution is 2.12. The van der Waals surface area contributed by atoms with Crippen LogP contribution in [-0.4, -0.2) is 35.2 Å². The summed E-state index contributed by atoms with van der Waals surface area (Å²) in [6.07, 6.45) is 1.68. The summed E-state index contributed by atoms with van der Waals surface area (Å²) in [5.41, 5.74) is 1.25. The molecule has 0 saturated heterocycles. The summed E-state index contributed by atoms with van der Waals surface area (Å²) in [5, 5.41) is 10.1. The lowest BCUT2D eigenvalue weighted by Crippen LogP contribution is -2.30. The minimum absolute atomic E-state index is 0.131. The summed E-state index contributed by atoms with van der Waals surface area (Å²) in [7, 11) is 0. The van der Waals surface area contributed by atoms with Crippen molar-refractivity contribution < 1.29 is 14.3 Å². The van der Waals surface area contributed by atoms with Crippen LogP contribution in [-0.2, 0) is 9.53 Å². The second-order valence-electron chi connectivity index (χ2n) is 3.66. The number of esters is 1. The number of aromatic nitrogens is 2. The number of ether oxygens (including phenoxy) is 1. The highest BCUT2D eigenvalue weighted by Gasteiger charge is 2.09. The van der Waals surface area contributed by atoms with Gasteiger partial charge >= 0.3 is 5.97 Å². The normalized spacial score (nSPS) is 10.3. The maximum Gasteiger partial charge on any atom is 0.325 e. The summed E-state index contributed by atoms with van der Waals surface area (Å²) in [5.74, 6) is -0.770. The van der Waals surface area contributed by atoms with Gasteiger partial charge in [-0.3, -0.25) is 14.7 Å². The molecule has 0 spiro atoms. The molecule has 1 aromatic carbocycles. The number of rotatable bonds is 4. The van der Waals surface area contributed by atoms with Crippen molar-refractivity contribution in [3.63, 3.8) is 0 Å². The zero-order chi connectivity index (χ0) is 13.0. The molecule has 2 N–H and O–H groups in total. The lowest BCUT2D eigenvalue weighted by Gasteiger charge is -2.04. The van der Waals surface area contributed by atoms with Crippen LogP contribution in [0.3, 0.4) is 0 Å². The summed E-state index contributed by atoms with van der Waals surface area (Å²) < 4.78 is 4.72. The summed E-state index contributed by atoms with van der Waals surface area (Å²) in [6, 6.07) is 5.15. The van der Waals surface area contributed by atoms with Crippen molar-refractivity contribution in [2.75, 3.05) is 13.2 Å². The summed E-state index contributed by atoms with van der Waals surface area (Å²) in [6.45, 7) is 1.88. The number of amides is 1. The van der Waals surface area contributed by atoms with Gasteiger partial charge in [0.2, 0.25) is 0 Å². The Kier molecular flexibility index (Phi) is 3.57. The van der Waals surface area contributed by atoms with Gasteiger partial charge in [0.1, 0.15) is 6.54 Å². The Balaban J connectivity index is 2.02. The number of carbonyl (C=O) groups excluding carboxylic acids is 2. The summed E-state index contributed by atoms with van der Waals surface area (Å²) in [4.78, 5) is 22.9. The smallest absolute Gasteiger partial charge is 0.325 e. The first-order chi connectivity index (χ1) is 8.70. The highest BCUT2D eigenvalue weighted by atomic mass is 16.5. The van der Waals surface area contributed by atoms with Gasteiger partial charge in [0.25, 0.3) is 5.91 Å². The van der Waals surface area contributed by atoms with E-state index in [9.17, 15) is 9.59 Å². The van der Waals surface area contributed by atoms with Gasteiger partial charge in [-0.1, -0.05) is 6.07 Å². The Morgan fingerprint density at radius 3 is 3.06 bits per heavy atom. The molecule has 0 unspecified atom stereocenters. The first-order valence-electron chi connectivity index (χ1n) is 5.57. The Morgan fingerprint density at radius 1 is 1.44 bits per heavy atom. The van der Waals surface area contributed by atoms with E-state index < -0.39 is 5.97 Å². The zero-order valence-corrected chi connectivity index (χ0v) is 9.90. The Bertz CT molecular complexity index is 577. The van der Waals surface area contributed by atoms with Crippen molar-refractivity contribution >= 4 is 22.8 Å². The molecule has 18 heavy (non-hydrogen) atoms. The van der Waals surface area contributed by atoms with E-state index >= 15 is 0 Å². The average molecular weight is 247 g/mol. The molecule has 0 aliphatic rings. The minimum Gasteiger partial charge on any atom is -0.465 e. The lowest BCUT2D eigenvalue weighted by molar-refractivity contribution is -0.141. The van der Waals surface area contributed by atoms with Gasteiger partial charge in [-0.25, -0.2) is 0 Å². The molecule has 94 valence electrons. The van der Waals surface area contributed by atoms with E-state index in [0.717, 1.165) is 10.9 Å². The third kappa shape index (κ3) is 2.65. The van der Waals surface area contributed by atoms with Gasteiger partial charge in [-0.15, -0.1) is 0 Å². The minimum atomic E-state index is -0.450. The van der Waals surface area contributed by atoms with Crippen LogP contribution in [0.5, 0.6) is 0 Å². The van der Waals surface area contributed by atoms with Crippen LogP contribution >= 0.6 is 0 Å². The van der Waals surface area contributed by atoms with Gasteiger partial charge in [0.15, 0.2) is 0 Å². The fourth-order valence-electron chi connectivity index (χ4n) is 1.54. The molecule has 2 aromatic rings. The monoisotopic (exact) mass is 247 g/mol. The second-order valence-corrected chi connectivity index (χ2v) is 3.66. The molecule has 1 heterocycles. The van der Waals surface area contributed by atoms with Crippen LogP contribution < -0.4 is 5.32 Å². The van der Waals surface area contributed by atoms with E-state index in [1.54, 1.807) is 31.3 Å². The number of aromatic amines is 1. The van der Waals surface area contributed by atoms with E-state index in [-0.39, 0.29) is 12.5 Å². The Morgan fingerprint density at radius 2 is 2.28 bits per heavy atom. The number of fused-ring (bicyclic) bond motifs is 1. The third-order valence-electron chi connectivity index (χ3n) is 2.40.